The van der Waals surface area contributed by atoms with Crippen LogP contribution < -0.4 is 20.7 Å². The molecule has 3 N–H and O–H groups in total. The number of anilines is 1. The molecule has 1 fully saturated rings. The number of carbonyl (C=O) groups is 1. The van der Waals surface area contributed by atoms with Gasteiger partial charge in [0.1, 0.15) is 18.0 Å². The molecule has 1 saturated heterocycles. The molecule has 1 aliphatic heterocycles. The third kappa shape index (κ3) is 6.78. The van der Waals surface area contributed by atoms with Gasteiger partial charge in [-0.25, -0.2) is 4.79 Å². The number of carbonyl (C=O) groups excluding carboxylic acids is 1. The van der Waals surface area contributed by atoms with Crippen LogP contribution >= 0.6 is 0 Å². The lowest BCUT2D eigenvalue weighted by Gasteiger charge is -2.19. The van der Waals surface area contributed by atoms with Gasteiger partial charge in [0.25, 0.3) is 0 Å². The van der Waals surface area contributed by atoms with Gasteiger partial charge in [-0.05, 0) is 58.0 Å². The monoisotopic (exact) mass is 321 g/mol. The number of nitrogens with one attached hydrogen (secondary N) is 3. The van der Waals surface area contributed by atoms with Gasteiger partial charge in [-0.3, -0.25) is 0 Å². The highest BCUT2D eigenvalue weighted by molar-refractivity contribution is 5.67. The van der Waals surface area contributed by atoms with Crippen LogP contribution in [0.15, 0.2) is 24.3 Å². The molecule has 23 heavy (non-hydrogen) atoms. The molecule has 1 aromatic carbocycles. The van der Waals surface area contributed by atoms with E-state index in [1.165, 1.54) is 0 Å². The number of ether oxygens (including phenoxy) is 2. The zero-order valence-corrected chi connectivity index (χ0v) is 14.1. The fourth-order valence-corrected chi connectivity index (χ4v) is 2.30. The molecule has 0 aliphatic carbocycles. The van der Waals surface area contributed by atoms with Crippen molar-refractivity contribution < 1.29 is 14.3 Å². The van der Waals surface area contributed by atoms with Crippen LogP contribution in [-0.4, -0.2) is 44.0 Å². The van der Waals surface area contributed by atoms with Gasteiger partial charge >= 0.3 is 6.09 Å². The molecular formula is C17H27N3O3. The fraction of sp³-hybridized carbons (Fsp3) is 0.588. The van der Waals surface area contributed by atoms with Crippen LogP contribution in [0.25, 0.3) is 0 Å². The standard InChI is InChI=1S/C17H27N3O3/c1-17(2,3)23-16(21)19-10-11-22-15-6-4-13(5-7-15)20-14-8-9-18-12-14/h4-7,14,18,20H,8-12H2,1-3H3,(H,19,21). The van der Waals surface area contributed by atoms with E-state index in [-0.39, 0.29) is 0 Å². The molecule has 6 heteroatoms. The molecule has 0 spiro atoms. The van der Waals surface area contributed by atoms with Crippen molar-refractivity contribution in [3.05, 3.63) is 24.3 Å². The summed E-state index contributed by atoms with van der Waals surface area (Å²) in [5.41, 5.74) is 0.612. The Morgan fingerprint density at radius 2 is 2.04 bits per heavy atom. The molecule has 1 aliphatic rings. The summed E-state index contributed by atoms with van der Waals surface area (Å²) in [5.74, 6) is 0.783. The lowest BCUT2D eigenvalue weighted by Crippen LogP contribution is -2.34. The van der Waals surface area contributed by atoms with E-state index in [4.69, 9.17) is 9.47 Å². The fourth-order valence-electron chi connectivity index (χ4n) is 2.30. The number of hydrogen-bond donors (Lipinski definition) is 3. The number of alkyl carbamates (subject to hydrolysis) is 1. The van der Waals surface area contributed by atoms with E-state index >= 15 is 0 Å². The van der Waals surface area contributed by atoms with Crippen LogP contribution in [0.5, 0.6) is 5.75 Å². The Labute approximate surface area is 137 Å². The number of amides is 1. The highest BCUT2D eigenvalue weighted by atomic mass is 16.6. The van der Waals surface area contributed by atoms with E-state index in [0.29, 0.717) is 19.2 Å². The lowest BCUT2D eigenvalue weighted by molar-refractivity contribution is 0.0520. The summed E-state index contributed by atoms with van der Waals surface area (Å²) in [7, 11) is 0. The van der Waals surface area contributed by atoms with Crippen LogP contribution in [0, 0.1) is 0 Å². The van der Waals surface area contributed by atoms with Crippen LogP contribution in [0.2, 0.25) is 0 Å². The zero-order valence-electron chi connectivity index (χ0n) is 14.1. The van der Waals surface area contributed by atoms with Crippen molar-refractivity contribution in [3.63, 3.8) is 0 Å². The maximum absolute atomic E-state index is 11.5. The maximum Gasteiger partial charge on any atom is 0.407 e. The largest absolute Gasteiger partial charge is 0.492 e. The Kier molecular flexibility index (Phi) is 6.10. The molecule has 1 unspecified atom stereocenters. The molecule has 128 valence electrons. The Morgan fingerprint density at radius 3 is 2.65 bits per heavy atom. The quantitative estimate of drug-likeness (QED) is 0.702. The molecule has 1 atom stereocenters. The molecule has 1 heterocycles. The van der Waals surface area contributed by atoms with Gasteiger partial charge in [-0.1, -0.05) is 0 Å². The average molecular weight is 321 g/mol. The summed E-state index contributed by atoms with van der Waals surface area (Å²) in [4.78, 5) is 11.5. The molecule has 0 aromatic heterocycles. The first kappa shape index (κ1) is 17.4. The number of rotatable bonds is 6. The second-order valence-electron chi connectivity index (χ2n) is 6.64. The first-order chi connectivity index (χ1) is 10.9. The summed E-state index contributed by atoms with van der Waals surface area (Å²) < 4.78 is 10.8. The summed E-state index contributed by atoms with van der Waals surface area (Å²) in [5, 5.41) is 9.47. The van der Waals surface area contributed by atoms with Crippen molar-refractivity contribution in [1.82, 2.24) is 10.6 Å². The molecule has 6 nitrogen and oxygen atoms in total. The predicted octanol–water partition coefficient (Wildman–Crippen LogP) is 2.36. The van der Waals surface area contributed by atoms with E-state index in [1.807, 2.05) is 45.0 Å². The second kappa shape index (κ2) is 8.06. The predicted molar refractivity (Wildman–Crippen MR) is 91.1 cm³/mol. The van der Waals surface area contributed by atoms with Gasteiger partial charge in [-0.2, -0.15) is 0 Å². The van der Waals surface area contributed by atoms with Gasteiger partial charge in [0.05, 0.1) is 6.54 Å². The molecule has 0 saturated carbocycles. The van der Waals surface area contributed by atoms with Crippen molar-refractivity contribution in [2.24, 2.45) is 0 Å². The molecular weight excluding hydrogens is 294 g/mol. The number of hydrogen-bond acceptors (Lipinski definition) is 5. The third-order valence-corrected chi connectivity index (χ3v) is 3.32. The molecule has 1 amide bonds. The van der Waals surface area contributed by atoms with Crippen molar-refractivity contribution in [2.45, 2.75) is 38.8 Å². The number of benzene rings is 1. The van der Waals surface area contributed by atoms with Crippen LogP contribution in [-0.2, 0) is 4.74 Å². The molecule has 2 rings (SSSR count). The lowest BCUT2D eigenvalue weighted by atomic mass is 10.2. The van der Waals surface area contributed by atoms with Crippen molar-refractivity contribution >= 4 is 11.8 Å². The van der Waals surface area contributed by atoms with E-state index in [0.717, 1.165) is 30.9 Å². The summed E-state index contributed by atoms with van der Waals surface area (Å²) in [6, 6.07) is 8.38. The Bertz CT molecular complexity index is 491. The SMILES string of the molecule is CC(C)(C)OC(=O)NCCOc1ccc(NC2CCNC2)cc1. The molecule has 0 radical (unpaired) electrons. The van der Waals surface area contributed by atoms with Crippen LogP contribution in [0.1, 0.15) is 27.2 Å². The van der Waals surface area contributed by atoms with Crippen molar-refractivity contribution in [2.75, 3.05) is 31.6 Å². The van der Waals surface area contributed by atoms with E-state index < -0.39 is 11.7 Å². The maximum atomic E-state index is 11.5. The molecule has 1 aromatic rings. The topological polar surface area (TPSA) is 71.6 Å². The summed E-state index contributed by atoms with van der Waals surface area (Å²) in [6.07, 6.45) is 0.722. The highest BCUT2D eigenvalue weighted by Crippen LogP contribution is 2.17. The van der Waals surface area contributed by atoms with Gasteiger partial charge in [0.15, 0.2) is 0 Å². The van der Waals surface area contributed by atoms with Crippen molar-refractivity contribution in [1.29, 1.82) is 0 Å². The Morgan fingerprint density at radius 1 is 1.30 bits per heavy atom. The van der Waals surface area contributed by atoms with Crippen molar-refractivity contribution in [3.8, 4) is 5.75 Å². The van der Waals surface area contributed by atoms with Gasteiger partial charge in [0.2, 0.25) is 0 Å². The average Bonchev–Trinajstić information content (AvgIpc) is 2.96. The van der Waals surface area contributed by atoms with Crippen LogP contribution in [0.3, 0.4) is 0 Å². The normalized spacial score (nSPS) is 17.6. The molecule has 0 bridgehead atoms. The summed E-state index contributed by atoms with van der Waals surface area (Å²) >= 11 is 0. The van der Waals surface area contributed by atoms with Crippen LogP contribution in [0.4, 0.5) is 10.5 Å². The minimum atomic E-state index is -0.484. The second-order valence-corrected chi connectivity index (χ2v) is 6.64. The third-order valence-electron chi connectivity index (χ3n) is 3.32. The van der Waals surface area contributed by atoms with Gasteiger partial charge in [-0.15, -0.1) is 0 Å². The first-order valence-corrected chi connectivity index (χ1v) is 8.09. The minimum absolute atomic E-state index is 0.401. The Hall–Kier alpha value is -1.95. The van der Waals surface area contributed by atoms with E-state index in [1.54, 1.807) is 0 Å². The first-order valence-electron chi connectivity index (χ1n) is 8.09. The smallest absolute Gasteiger partial charge is 0.407 e. The Balaban J connectivity index is 1.65. The highest BCUT2D eigenvalue weighted by Gasteiger charge is 2.15. The van der Waals surface area contributed by atoms with Gasteiger partial charge < -0.3 is 25.4 Å². The zero-order chi connectivity index (χ0) is 16.7. The van der Waals surface area contributed by atoms with Gasteiger partial charge in [0, 0.05) is 18.3 Å². The summed E-state index contributed by atoms with van der Waals surface area (Å²) in [6.45, 7) is 8.39. The van der Waals surface area contributed by atoms with E-state index in [2.05, 4.69) is 16.0 Å². The minimum Gasteiger partial charge on any atom is -0.492 e. The van der Waals surface area contributed by atoms with E-state index in [9.17, 15) is 4.79 Å².